The van der Waals surface area contributed by atoms with E-state index in [9.17, 15) is 9.70 Å². The molecule has 2 saturated carbocycles. The number of benzene rings is 2. The van der Waals surface area contributed by atoms with E-state index in [1.807, 2.05) is 24.3 Å². The van der Waals surface area contributed by atoms with E-state index in [0.29, 0.717) is 5.56 Å². The van der Waals surface area contributed by atoms with Crippen LogP contribution in [0.4, 0.5) is 11.4 Å². The molecule has 0 spiro atoms. The number of hydrogen-bond acceptors (Lipinski definition) is 6. The van der Waals surface area contributed by atoms with Crippen molar-refractivity contribution in [3.8, 4) is 11.1 Å². The lowest BCUT2D eigenvalue weighted by atomic mass is 9.80. The van der Waals surface area contributed by atoms with E-state index in [4.69, 9.17) is 23.2 Å². The first-order valence-corrected chi connectivity index (χ1v) is 13.5. The molecule has 1 aromatic heterocycles. The molecule has 2 aliphatic rings. The average molecular weight is 537 g/mol. The van der Waals surface area contributed by atoms with Crippen molar-refractivity contribution < 1.29 is 4.79 Å². The number of Topliss-reactive ketones (excluding diaryl/α,β-unsaturated/α-hetero) is 1. The maximum absolute atomic E-state index is 13.3. The summed E-state index contributed by atoms with van der Waals surface area (Å²) in [6.45, 7) is 6.89. The zero-order valence-electron chi connectivity index (χ0n) is 20.8. The number of aromatic nitrogens is 1. The summed E-state index contributed by atoms with van der Waals surface area (Å²) in [5, 5.41) is 11.6. The number of ketones is 1. The molecule has 0 bridgehead atoms. The molecule has 8 heteroatoms. The van der Waals surface area contributed by atoms with Gasteiger partial charge in [-0.2, -0.15) is 0 Å². The molecule has 2 aromatic carbocycles. The second-order valence-corrected chi connectivity index (χ2v) is 11.3. The first-order chi connectivity index (χ1) is 17.8. The second kappa shape index (κ2) is 10.5. The lowest BCUT2D eigenvalue weighted by Gasteiger charge is -2.39. The number of nitroso groups, excluding NO2 is 1. The molecule has 0 atom stereocenters. The van der Waals surface area contributed by atoms with Crippen LogP contribution in [0.25, 0.3) is 22.0 Å². The van der Waals surface area contributed by atoms with Crippen LogP contribution in [0.1, 0.15) is 55.8 Å². The number of carbonyl (C=O) groups is 1. The maximum atomic E-state index is 13.3. The normalized spacial score (nSPS) is 21.5. The zero-order chi connectivity index (χ0) is 26.2. The molecule has 6 nitrogen and oxygen atoms in total. The second-order valence-electron chi connectivity index (χ2n) is 10.4. The minimum atomic E-state index is 0.0288. The monoisotopic (exact) mass is 536 g/mol. The fourth-order valence-electron chi connectivity index (χ4n) is 5.20. The van der Waals surface area contributed by atoms with Crippen molar-refractivity contribution in [1.29, 1.82) is 0 Å². The fourth-order valence-corrected chi connectivity index (χ4v) is 5.75. The number of nitrogens with one attached hydrogen (secondary N) is 2. The van der Waals surface area contributed by atoms with Crippen LogP contribution in [-0.4, -0.2) is 28.9 Å². The lowest BCUT2D eigenvalue weighted by Crippen LogP contribution is -2.47. The predicted octanol–water partition coefficient (Wildman–Crippen LogP) is 8.09. The molecule has 0 saturated heterocycles. The summed E-state index contributed by atoms with van der Waals surface area (Å²) in [6.07, 6.45) is 9.54. The Morgan fingerprint density at radius 2 is 1.84 bits per heavy atom. The van der Waals surface area contributed by atoms with E-state index < -0.39 is 0 Å². The maximum Gasteiger partial charge on any atom is 0.169 e. The van der Waals surface area contributed by atoms with Gasteiger partial charge < -0.3 is 10.6 Å². The highest BCUT2D eigenvalue weighted by Gasteiger charge is 2.34. The highest BCUT2D eigenvalue weighted by molar-refractivity contribution is 6.39. The number of pyridine rings is 1. The number of anilines is 1. The van der Waals surface area contributed by atoms with Crippen LogP contribution >= 0.6 is 23.2 Å². The van der Waals surface area contributed by atoms with E-state index in [1.54, 1.807) is 18.3 Å². The van der Waals surface area contributed by atoms with Gasteiger partial charge in [-0.15, -0.1) is 11.5 Å². The van der Waals surface area contributed by atoms with Gasteiger partial charge in [0.1, 0.15) is 5.69 Å². The third-order valence-electron chi connectivity index (χ3n) is 7.63. The van der Waals surface area contributed by atoms with Gasteiger partial charge in [-0.25, -0.2) is 0 Å². The molecule has 1 heterocycles. The first kappa shape index (κ1) is 25.8. The minimum Gasteiger partial charge on any atom is -0.381 e. The number of hydrogen-bond donors (Lipinski definition) is 2. The summed E-state index contributed by atoms with van der Waals surface area (Å²) >= 11 is 12.5. The molecular formula is C29H30Cl2N4O2. The zero-order valence-corrected chi connectivity index (χ0v) is 22.3. The van der Waals surface area contributed by atoms with Crippen molar-refractivity contribution in [2.75, 3.05) is 11.9 Å². The lowest BCUT2D eigenvalue weighted by molar-refractivity contribution is 0.0968. The average Bonchev–Trinajstić information content (AvgIpc) is 3.74. The molecule has 2 fully saturated rings. The van der Waals surface area contributed by atoms with Crippen molar-refractivity contribution in [3.63, 3.8) is 0 Å². The van der Waals surface area contributed by atoms with Crippen molar-refractivity contribution in [1.82, 2.24) is 10.3 Å². The van der Waals surface area contributed by atoms with Gasteiger partial charge in [0, 0.05) is 35.6 Å². The Morgan fingerprint density at radius 3 is 2.46 bits per heavy atom. The molecule has 0 unspecified atom stereocenters. The van der Waals surface area contributed by atoms with Crippen LogP contribution in [0.15, 0.2) is 54.4 Å². The molecule has 0 aliphatic heterocycles. The van der Waals surface area contributed by atoms with Gasteiger partial charge in [0.15, 0.2) is 5.78 Å². The third-order valence-corrected chi connectivity index (χ3v) is 8.21. The number of fused-ring (bicyclic) bond motifs is 1. The van der Waals surface area contributed by atoms with E-state index >= 15 is 0 Å². The summed E-state index contributed by atoms with van der Waals surface area (Å²) in [5.74, 6) is 0.241. The summed E-state index contributed by atoms with van der Waals surface area (Å²) < 4.78 is 0. The Hall–Kier alpha value is -2.80. The van der Waals surface area contributed by atoms with Gasteiger partial charge in [0.25, 0.3) is 0 Å². The van der Waals surface area contributed by atoms with Crippen molar-refractivity contribution in [3.05, 3.63) is 69.7 Å². The molecular weight excluding hydrogens is 507 g/mol. The Labute approximate surface area is 226 Å². The highest BCUT2D eigenvalue weighted by Crippen LogP contribution is 2.41. The number of nitrogens with zero attached hydrogens (tertiary/aromatic N) is 2. The summed E-state index contributed by atoms with van der Waals surface area (Å²) in [4.78, 5) is 29.0. The Kier molecular flexibility index (Phi) is 7.35. The van der Waals surface area contributed by atoms with Gasteiger partial charge >= 0.3 is 0 Å². The largest absolute Gasteiger partial charge is 0.381 e. The topological polar surface area (TPSA) is 83.4 Å². The Balaban J connectivity index is 1.52. The van der Waals surface area contributed by atoms with E-state index in [0.717, 1.165) is 72.8 Å². The van der Waals surface area contributed by atoms with Gasteiger partial charge in [0.05, 0.1) is 26.8 Å². The molecule has 37 heavy (non-hydrogen) atoms. The van der Waals surface area contributed by atoms with Crippen molar-refractivity contribution in [2.24, 2.45) is 11.1 Å². The van der Waals surface area contributed by atoms with Crippen LogP contribution in [-0.2, 0) is 0 Å². The van der Waals surface area contributed by atoms with Crippen LogP contribution in [0, 0.1) is 10.8 Å². The summed E-state index contributed by atoms with van der Waals surface area (Å²) in [6, 6.07) is 9.51. The van der Waals surface area contributed by atoms with Gasteiger partial charge in [-0.3, -0.25) is 9.78 Å². The molecule has 2 aliphatic carbocycles. The minimum absolute atomic E-state index is 0.0288. The number of carbonyl (C=O) groups excluding carboxylic acids is 1. The number of halogens is 2. The summed E-state index contributed by atoms with van der Waals surface area (Å²) in [7, 11) is 0. The fraction of sp³-hybridized carbons (Fsp3) is 0.379. The smallest absolute Gasteiger partial charge is 0.169 e. The standard InChI is InChI=1S/C29H30Cl2N4O2/c1-3-12-33-29(2)10-8-20(9-11-29)34-26-21-13-18(19-14-23(30)27(35-37)24(31)15-19)6-7-25(21)32-16-22(26)28(36)17-4-5-17/h3,6-7,13-17,20,33H,1,4-5,8-12H2,2H3,(H,32,34). The van der Waals surface area contributed by atoms with Crippen LogP contribution < -0.4 is 10.6 Å². The van der Waals surface area contributed by atoms with E-state index in [-0.39, 0.29) is 39.0 Å². The van der Waals surface area contributed by atoms with E-state index in [2.05, 4.69) is 34.3 Å². The predicted molar refractivity (Wildman–Crippen MR) is 152 cm³/mol. The van der Waals surface area contributed by atoms with Gasteiger partial charge in [-0.05, 0) is 86.0 Å². The molecule has 0 amide bonds. The van der Waals surface area contributed by atoms with Gasteiger partial charge in [0.2, 0.25) is 0 Å². The van der Waals surface area contributed by atoms with Crippen molar-refractivity contribution >= 4 is 51.3 Å². The summed E-state index contributed by atoms with van der Waals surface area (Å²) in [5.41, 5.74) is 4.04. The van der Waals surface area contributed by atoms with Crippen LogP contribution in [0.2, 0.25) is 10.0 Å². The molecule has 0 radical (unpaired) electrons. The third kappa shape index (κ3) is 5.42. The van der Waals surface area contributed by atoms with Crippen LogP contribution in [0.3, 0.4) is 0 Å². The first-order valence-electron chi connectivity index (χ1n) is 12.7. The van der Waals surface area contributed by atoms with Crippen molar-refractivity contribution in [2.45, 2.75) is 57.0 Å². The molecule has 192 valence electrons. The molecule has 5 rings (SSSR count). The quantitative estimate of drug-likeness (QED) is 0.164. The van der Waals surface area contributed by atoms with E-state index in [1.165, 1.54) is 0 Å². The SMILES string of the molecule is C=CCNC1(C)CCC(Nc2c(C(=O)C3CC3)cnc3ccc(-c4cc(Cl)c(N=O)c(Cl)c4)cc23)CC1. The van der Waals surface area contributed by atoms with Crippen LogP contribution in [0.5, 0.6) is 0 Å². The Morgan fingerprint density at radius 1 is 1.14 bits per heavy atom. The highest BCUT2D eigenvalue weighted by atomic mass is 35.5. The van der Waals surface area contributed by atoms with Gasteiger partial charge in [-0.1, -0.05) is 35.3 Å². The molecule has 3 aromatic rings. The number of rotatable bonds is 9. The Bertz CT molecular complexity index is 1350. The molecule has 2 N–H and O–H groups in total.